The number of hydrogen-bond donors (Lipinski definition) is 1. The van der Waals surface area contributed by atoms with Crippen LogP contribution in [0.2, 0.25) is 0 Å². The van der Waals surface area contributed by atoms with Gasteiger partial charge in [0.1, 0.15) is 11.4 Å². The Morgan fingerprint density at radius 3 is 2.88 bits per heavy atom. The zero-order valence-electron chi connectivity index (χ0n) is 15.4. The molecule has 1 fully saturated rings. The lowest BCUT2D eigenvalue weighted by atomic mass is 9.98. The van der Waals surface area contributed by atoms with E-state index in [1.807, 2.05) is 32.6 Å². The zero-order chi connectivity index (χ0) is 17.7. The van der Waals surface area contributed by atoms with E-state index in [-0.39, 0.29) is 6.09 Å². The number of aryl methyl sites for hydroxylation is 1. The second kappa shape index (κ2) is 7.88. The van der Waals surface area contributed by atoms with E-state index in [4.69, 9.17) is 9.39 Å². The molecule has 24 heavy (non-hydrogen) atoms. The molecule has 7 heteroatoms. The fourth-order valence-electron chi connectivity index (χ4n) is 2.92. The summed E-state index contributed by atoms with van der Waals surface area (Å²) in [5.74, 6) is 1.28. The van der Waals surface area contributed by atoms with Gasteiger partial charge in [-0.15, -0.1) is 0 Å². The van der Waals surface area contributed by atoms with Crippen molar-refractivity contribution in [1.82, 2.24) is 9.88 Å². The fourth-order valence-corrected chi connectivity index (χ4v) is 2.92. The van der Waals surface area contributed by atoms with Crippen molar-refractivity contribution in [2.45, 2.75) is 46.1 Å². The third-order valence-corrected chi connectivity index (χ3v) is 3.87. The molecule has 2 rings (SSSR count). The number of anilines is 1. The topological polar surface area (TPSA) is 63.7 Å². The lowest BCUT2D eigenvalue weighted by Crippen LogP contribution is -2.35. The number of nitrogens with zero attached hydrogens (tertiary/aromatic N) is 2. The third-order valence-electron chi connectivity index (χ3n) is 3.87. The molecule has 0 aromatic carbocycles. The largest absolute Gasteiger partial charge is 0.444 e. The number of carbonyl (C=O) groups is 1. The van der Waals surface area contributed by atoms with Crippen molar-refractivity contribution < 1.29 is 14.2 Å². The molecular formula is C17H28BN3O3. The van der Waals surface area contributed by atoms with Gasteiger partial charge in [0.15, 0.2) is 0 Å². The molecule has 1 aromatic heterocycles. The minimum Gasteiger partial charge on any atom is -0.444 e. The minimum absolute atomic E-state index is 0.210. The van der Waals surface area contributed by atoms with E-state index >= 15 is 0 Å². The first-order valence-corrected chi connectivity index (χ1v) is 8.45. The molecule has 1 aromatic rings. The van der Waals surface area contributed by atoms with Crippen LogP contribution in [-0.2, 0) is 15.8 Å². The van der Waals surface area contributed by atoms with E-state index in [9.17, 15) is 4.79 Å². The van der Waals surface area contributed by atoms with E-state index in [1.54, 1.807) is 7.11 Å². The predicted molar refractivity (Wildman–Crippen MR) is 96.4 cm³/mol. The summed E-state index contributed by atoms with van der Waals surface area (Å²) in [6, 6.07) is 4.16. The summed E-state index contributed by atoms with van der Waals surface area (Å²) in [4.78, 5) is 18.4. The van der Waals surface area contributed by atoms with Crippen LogP contribution in [0, 0.1) is 12.8 Å². The van der Waals surface area contributed by atoms with Gasteiger partial charge in [-0.05, 0) is 64.2 Å². The van der Waals surface area contributed by atoms with Gasteiger partial charge in [0.2, 0.25) is 0 Å². The van der Waals surface area contributed by atoms with Gasteiger partial charge in [0.05, 0.1) is 0 Å². The molecule has 0 spiro atoms. The smallest absolute Gasteiger partial charge is 0.410 e. The van der Waals surface area contributed by atoms with Crippen molar-refractivity contribution in [3.63, 3.8) is 0 Å². The van der Waals surface area contributed by atoms with Crippen LogP contribution in [0.4, 0.5) is 10.6 Å². The van der Waals surface area contributed by atoms with Gasteiger partial charge in [0, 0.05) is 25.9 Å². The Morgan fingerprint density at radius 2 is 2.21 bits per heavy atom. The summed E-state index contributed by atoms with van der Waals surface area (Å²) in [5, 5.41) is 3.14. The first-order chi connectivity index (χ1) is 11.3. The first kappa shape index (κ1) is 18.6. The van der Waals surface area contributed by atoms with Gasteiger partial charge in [-0.1, -0.05) is 0 Å². The third kappa shape index (κ3) is 5.71. The fraction of sp³-hybridized carbons (Fsp3) is 0.647. The number of amides is 1. The average Bonchev–Trinajstić information content (AvgIpc) is 2.91. The monoisotopic (exact) mass is 333 g/mol. The molecule has 1 amide bonds. The highest BCUT2D eigenvalue weighted by Gasteiger charge is 2.29. The molecule has 0 unspecified atom stereocenters. The second-order valence-corrected chi connectivity index (χ2v) is 7.40. The van der Waals surface area contributed by atoms with Gasteiger partial charge >= 0.3 is 13.7 Å². The van der Waals surface area contributed by atoms with Crippen molar-refractivity contribution in [2.75, 3.05) is 25.4 Å². The Kier molecular flexibility index (Phi) is 6.10. The Bertz CT molecular complexity index is 575. The lowest BCUT2D eigenvalue weighted by Gasteiger charge is -2.24. The highest BCUT2D eigenvalue weighted by molar-refractivity contribution is 6.32. The molecule has 132 valence electrons. The number of hydrogen-bond acceptors (Lipinski definition) is 5. The summed E-state index contributed by atoms with van der Waals surface area (Å²) < 4.78 is 10.5. The molecule has 2 heterocycles. The van der Waals surface area contributed by atoms with Gasteiger partial charge in [0.25, 0.3) is 0 Å². The molecule has 0 aliphatic carbocycles. The summed E-state index contributed by atoms with van der Waals surface area (Å²) in [5.41, 5.74) is 1.77. The molecular weight excluding hydrogens is 305 g/mol. The van der Waals surface area contributed by atoms with Crippen molar-refractivity contribution >= 4 is 19.5 Å². The maximum Gasteiger partial charge on any atom is 0.410 e. The number of likely N-dealkylation sites (tertiary alicyclic amines) is 1. The van der Waals surface area contributed by atoms with Crippen LogP contribution in [0.3, 0.4) is 0 Å². The van der Waals surface area contributed by atoms with Crippen LogP contribution >= 0.6 is 0 Å². The molecule has 1 aliphatic heterocycles. The Labute approximate surface area is 145 Å². The van der Waals surface area contributed by atoms with Gasteiger partial charge in [-0.3, -0.25) is 0 Å². The summed E-state index contributed by atoms with van der Waals surface area (Å²) >= 11 is 0. The standard InChI is InChI=1S/C17H28BN3O3/c1-12-8-14(10-15(19-12)20-18-23-5)9-13-6-7-21(11-13)16(22)24-17(2,3)4/h8,10,13,18H,6-7,9,11H2,1-5H3,(H,19,20)/t13-/m0/s1. The highest BCUT2D eigenvalue weighted by Crippen LogP contribution is 2.24. The highest BCUT2D eigenvalue weighted by atomic mass is 16.6. The molecule has 6 nitrogen and oxygen atoms in total. The average molecular weight is 333 g/mol. The predicted octanol–water partition coefficient (Wildman–Crippen LogP) is 2.51. The minimum atomic E-state index is -0.445. The van der Waals surface area contributed by atoms with E-state index in [2.05, 4.69) is 22.3 Å². The number of rotatable bonds is 5. The Morgan fingerprint density at radius 1 is 1.46 bits per heavy atom. The van der Waals surface area contributed by atoms with E-state index in [1.165, 1.54) is 5.56 Å². The summed E-state index contributed by atoms with van der Waals surface area (Å²) in [6.07, 6.45) is 1.73. The van der Waals surface area contributed by atoms with Crippen LogP contribution in [0.1, 0.15) is 38.4 Å². The maximum absolute atomic E-state index is 12.2. The normalized spacial score (nSPS) is 17.7. The van der Waals surface area contributed by atoms with Crippen LogP contribution in [0.25, 0.3) is 0 Å². The quantitative estimate of drug-likeness (QED) is 0.839. The SMILES string of the molecule is COBNc1cc(C[C@@H]2CCN(C(=O)OC(C)(C)C)C2)cc(C)n1. The van der Waals surface area contributed by atoms with Crippen molar-refractivity contribution in [2.24, 2.45) is 5.92 Å². The molecule has 1 atom stereocenters. The van der Waals surface area contributed by atoms with Crippen LogP contribution in [0.5, 0.6) is 0 Å². The number of pyridine rings is 1. The molecule has 0 saturated carbocycles. The number of aromatic nitrogens is 1. The maximum atomic E-state index is 12.2. The van der Waals surface area contributed by atoms with E-state index < -0.39 is 5.60 Å². The molecule has 1 N–H and O–H groups in total. The second-order valence-electron chi connectivity index (χ2n) is 7.40. The van der Waals surface area contributed by atoms with Crippen molar-refractivity contribution in [3.8, 4) is 0 Å². The van der Waals surface area contributed by atoms with Crippen LogP contribution in [0.15, 0.2) is 12.1 Å². The Hall–Kier alpha value is -1.76. The summed E-state index contributed by atoms with van der Waals surface area (Å²) in [7, 11) is 2.08. The molecule has 1 aliphatic rings. The van der Waals surface area contributed by atoms with Gasteiger partial charge in [-0.2, -0.15) is 0 Å². The van der Waals surface area contributed by atoms with Crippen LogP contribution in [-0.4, -0.2) is 49.4 Å². The summed E-state index contributed by atoms with van der Waals surface area (Å²) in [6.45, 7) is 9.19. The Balaban J connectivity index is 1.93. The molecule has 0 bridgehead atoms. The zero-order valence-corrected chi connectivity index (χ0v) is 15.4. The van der Waals surface area contributed by atoms with Crippen molar-refractivity contribution in [1.29, 1.82) is 0 Å². The first-order valence-electron chi connectivity index (χ1n) is 8.45. The van der Waals surface area contributed by atoms with E-state index in [0.717, 1.165) is 37.4 Å². The van der Waals surface area contributed by atoms with E-state index in [0.29, 0.717) is 13.5 Å². The number of nitrogens with one attached hydrogen (secondary N) is 1. The number of carbonyl (C=O) groups excluding carboxylic acids is 1. The van der Waals surface area contributed by atoms with Crippen molar-refractivity contribution in [3.05, 3.63) is 23.4 Å². The van der Waals surface area contributed by atoms with Gasteiger partial charge < -0.3 is 19.5 Å². The van der Waals surface area contributed by atoms with Gasteiger partial charge in [-0.25, -0.2) is 9.78 Å². The molecule has 0 radical (unpaired) electrons. The van der Waals surface area contributed by atoms with Crippen LogP contribution < -0.4 is 5.23 Å². The number of ether oxygens (including phenoxy) is 1. The molecule has 1 saturated heterocycles. The lowest BCUT2D eigenvalue weighted by molar-refractivity contribution is 0.0288.